The van der Waals surface area contributed by atoms with Crippen molar-refractivity contribution in [1.29, 1.82) is 0 Å². The van der Waals surface area contributed by atoms with Crippen molar-refractivity contribution < 1.29 is 59.4 Å². The molecule has 4 saturated carbocycles. The third kappa shape index (κ3) is 3.78. The molecule has 0 aromatic carbocycles. The van der Waals surface area contributed by atoms with E-state index in [1.807, 2.05) is 0 Å². The number of hydrogen-bond acceptors (Lipinski definition) is 6. The molecule has 4 rings (SSSR count). The molecule has 12 heteroatoms. The predicted octanol–water partition coefficient (Wildman–Crippen LogP) is 0.257. The topological polar surface area (TPSA) is 224 Å². The molecule has 0 amide bonds. The molecule has 0 heterocycles. The molecule has 32 heavy (non-hydrogen) atoms. The minimum Gasteiger partial charge on any atom is -0.481 e. The van der Waals surface area contributed by atoms with E-state index >= 15 is 0 Å². The zero-order chi connectivity index (χ0) is 24.1. The van der Waals surface area contributed by atoms with Gasteiger partial charge in [-0.15, -0.1) is 0 Å². The van der Waals surface area contributed by atoms with Crippen LogP contribution in [0.5, 0.6) is 0 Å². The summed E-state index contributed by atoms with van der Waals surface area (Å²) in [6, 6.07) is 0. The molecule has 0 aromatic heterocycles. The fourth-order valence-corrected chi connectivity index (χ4v) is 6.67. The maximum absolute atomic E-state index is 11.0. The van der Waals surface area contributed by atoms with E-state index in [0.29, 0.717) is 25.7 Å². The van der Waals surface area contributed by atoms with Gasteiger partial charge in [0.2, 0.25) is 0 Å². The highest BCUT2D eigenvalue weighted by Crippen LogP contribution is 2.56. The Labute approximate surface area is 180 Å². The Morgan fingerprint density at radius 3 is 0.906 bits per heavy atom. The van der Waals surface area contributed by atoms with Gasteiger partial charge in [0.05, 0.1) is 35.5 Å². The van der Waals surface area contributed by atoms with Crippen molar-refractivity contribution in [3.63, 3.8) is 0 Å². The molecule has 176 valence electrons. The molecule has 12 nitrogen and oxygen atoms in total. The molecular weight excluding hydrogens is 432 g/mol. The van der Waals surface area contributed by atoms with Gasteiger partial charge < -0.3 is 30.6 Å². The van der Waals surface area contributed by atoms with Crippen molar-refractivity contribution in [3.05, 3.63) is 0 Å². The van der Waals surface area contributed by atoms with Crippen molar-refractivity contribution >= 4 is 35.8 Å². The van der Waals surface area contributed by atoms with Crippen LogP contribution in [0.2, 0.25) is 0 Å². The Morgan fingerprint density at radius 1 is 0.406 bits per heavy atom. The van der Waals surface area contributed by atoms with Gasteiger partial charge in [-0.1, -0.05) is 0 Å². The molecule has 10 atom stereocenters. The van der Waals surface area contributed by atoms with E-state index in [1.165, 1.54) is 0 Å². The van der Waals surface area contributed by atoms with Crippen LogP contribution >= 0.6 is 0 Å². The Bertz CT molecular complexity index is 795. The normalized spacial score (nSPS) is 40.9. The predicted molar refractivity (Wildman–Crippen MR) is 99.2 cm³/mol. The van der Waals surface area contributed by atoms with E-state index in [-0.39, 0.29) is 11.8 Å². The third-order valence-corrected chi connectivity index (χ3v) is 7.78. The molecule has 4 aliphatic rings. The molecular formula is C20H24O12. The van der Waals surface area contributed by atoms with Crippen molar-refractivity contribution in [3.8, 4) is 0 Å². The number of rotatable bonds is 6. The Hall–Kier alpha value is -3.18. The van der Waals surface area contributed by atoms with E-state index in [2.05, 4.69) is 0 Å². The summed E-state index contributed by atoms with van der Waals surface area (Å²) in [5, 5.41) is 53.8. The number of carbonyl (C=O) groups is 6. The number of hydrogen-bond donors (Lipinski definition) is 6. The summed E-state index contributed by atoms with van der Waals surface area (Å²) in [4.78, 5) is 65.8. The molecule has 4 unspecified atom stereocenters. The lowest BCUT2D eigenvalue weighted by Crippen LogP contribution is -2.40. The Morgan fingerprint density at radius 2 is 0.688 bits per heavy atom. The smallest absolute Gasteiger partial charge is 0.307 e. The summed E-state index contributed by atoms with van der Waals surface area (Å²) < 4.78 is 0. The zero-order valence-corrected chi connectivity index (χ0v) is 16.7. The van der Waals surface area contributed by atoms with Gasteiger partial charge in [0.1, 0.15) is 0 Å². The van der Waals surface area contributed by atoms with Gasteiger partial charge in [0.25, 0.3) is 0 Å². The number of carboxylic acid groups (broad SMARTS) is 6. The van der Waals surface area contributed by atoms with Crippen LogP contribution in [0.3, 0.4) is 0 Å². The quantitative estimate of drug-likeness (QED) is 0.316. The van der Waals surface area contributed by atoms with E-state index in [1.54, 1.807) is 0 Å². The lowest BCUT2D eigenvalue weighted by Gasteiger charge is -2.28. The van der Waals surface area contributed by atoms with Gasteiger partial charge in [0, 0.05) is 0 Å². The number of fused-ring (bicyclic) bond motifs is 4. The third-order valence-electron chi connectivity index (χ3n) is 7.78. The zero-order valence-electron chi connectivity index (χ0n) is 16.7. The van der Waals surface area contributed by atoms with Crippen LogP contribution in [0.4, 0.5) is 0 Å². The molecule has 0 spiro atoms. The van der Waals surface area contributed by atoms with Crippen LogP contribution in [-0.4, -0.2) is 66.5 Å². The Kier molecular flexibility index (Phi) is 6.16. The second kappa shape index (κ2) is 8.40. The Balaban J connectivity index is 0.000000181. The van der Waals surface area contributed by atoms with E-state index < -0.39 is 83.2 Å². The summed E-state index contributed by atoms with van der Waals surface area (Å²) in [7, 11) is 0. The maximum Gasteiger partial charge on any atom is 0.307 e. The largest absolute Gasteiger partial charge is 0.481 e. The lowest BCUT2D eigenvalue weighted by atomic mass is 9.74. The van der Waals surface area contributed by atoms with Gasteiger partial charge in [-0.2, -0.15) is 0 Å². The first-order chi connectivity index (χ1) is 14.9. The van der Waals surface area contributed by atoms with Crippen LogP contribution in [-0.2, 0) is 28.8 Å². The summed E-state index contributed by atoms with van der Waals surface area (Å²) in [5.41, 5.74) is 0. The van der Waals surface area contributed by atoms with Crippen molar-refractivity contribution in [2.75, 3.05) is 0 Å². The fraction of sp³-hybridized carbons (Fsp3) is 0.700. The van der Waals surface area contributed by atoms with Crippen LogP contribution < -0.4 is 0 Å². The first-order valence-corrected chi connectivity index (χ1v) is 10.2. The van der Waals surface area contributed by atoms with Gasteiger partial charge in [0.15, 0.2) is 0 Å². The van der Waals surface area contributed by atoms with Gasteiger partial charge in [-0.25, -0.2) is 0 Å². The van der Waals surface area contributed by atoms with E-state index in [9.17, 15) is 28.8 Å². The molecule has 0 aliphatic heterocycles. The van der Waals surface area contributed by atoms with Crippen molar-refractivity contribution in [1.82, 2.24) is 0 Å². The standard InChI is InChI=1S/2C10H12O6/c2*11-8(12)5-2-3-1-4(5)7(10(15)16)6(3)9(13)14/h2*3-7H,1-2H2,(H,11,12)(H,13,14)(H,15,16)/t3?,4?,5-,6+,7-;3?,4?,5-,6-,7+/m01/s1. The summed E-state index contributed by atoms with van der Waals surface area (Å²) in [5.74, 6) is -13.6. The highest BCUT2D eigenvalue weighted by atomic mass is 16.4. The average molecular weight is 456 g/mol. The monoisotopic (exact) mass is 456 g/mol. The highest BCUT2D eigenvalue weighted by molar-refractivity contribution is 5.84. The van der Waals surface area contributed by atoms with Gasteiger partial charge in [-0.05, 0) is 49.4 Å². The molecule has 4 bridgehead atoms. The van der Waals surface area contributed by atoms with Crippen LogP contribution in [0.15, 0.2) is 0 Å². The summed E-state index contributed by atoms with van der Waals surface area (Å²) >= 11 is 0. The van der Waals surface area contributed by atoms with Crippen LogP contribution in [0, 0.1) is 59.2 Å². The summed E-state index contributed by atoms with van der Waals surface area (Å²) in [6.45, 7) is 0. The molecule has 0 aromatic rings. The summed E-state index contributed by atoms with van der Waals surface area (Å²) in [6.07, 6.45) is 1.40. The fourth-order valence-electron chi connectivity index (χ4n) is 6.67. The van der Waals surface area contributed by atoms with Crippen molar-refractivity contribution in [2.45, 2.75) is 25.7 Å². The SMILES string of the molecule is O=C(O)[C@@H]1C2CC([C@H](C(=O)O)C2)[C@@H]1C(=O)O.O=C(O)[C@H]1CC2CC1[C@H](C(=O)O)[C@@H]2C(=O)O. The van der Waals surface area contributed by atoms with Crippen LogP contribution in [0.1, 0.15) is 25.7 Å². The highest BCUT2D eigenvalue weighted by Gasteiger charge is 2.61. The van der Waals surface area contributed by atoms with Crippen molar-refractivity contribution in [2.24, 2.45) is 59.2 Å². The second-order valence-electron chi connectivity index (χ2n) is 9.14. The minimum absolute atomic E-state index is 0.292. The average Bonchev–Trinajstić information content (AvgIpc) is 3.43. The van der Waals surface area contributed by atoms with Gasteiger partial charge in [-0.3, -0.25) is 28.8 Å². The maximum atomic E-state index is 11.0. The minimum atomic E-state index is -1.19. The first-order valence-electron chi connectivity index (χ1n) is 10.2. The number of aliphatic carboxylic acids is 6. The molecule has 4 aliphatic carbocycles. The van der Waals surface area contributed by atoms with E-state index in [0.717, 1.165) is 0 Å². The molecule has 0 saturated heterocycles. The lowest BCUT2D eigenvalue weighted by molar-refractivity contribution is -0.160. The molecule has 6 N–H and O–H groups in total. The van der Waals surface area contributed by atoms with Gasteiger partial charge >= 0.3 is 35.8 Å². The second-order valence-corrected chi connectivity index (χ2v) is 9.14. The van der Waals surface area contributed by atoms with Crippen LogP contribution in [0.25, 0.3) is 0 Å². The molecule has 4 fully saturated rings. The molecule has 0 radical (unpaired) electrons. The first kappa shape index (κ1) is 23.5. The number of carboxylic acids is 6. The van der Waals surface area contributed by atoms with E-state index in [4.69, 9.17) is 30.6 Å².